The van der Waals surface area contributed by atoms with Gasteiger partial charge >= 0.3 is 6.03 Å². The van der Waals surface area contributed by atoms with Gasteiger partial charge in [0.15, 0.2) is 0 Å². The van der Waals surface area contributed by atoms with Crippen molar-refractivity contribution in [3.8, 4) is 0 Å². The lowest BCUT2D eigenvalue weighted by Crippen LogP contribution is -2.54. The van der Waals surface area contributed by atoms with Crippen LogP contribution in [0.5, 0.6) is 0 Å². The highest BCUT2D eigenvalue weighted by atomic mass is 35.5. The summed E-state index contributed by atoms with van der Waals surface area (Å²) >= 11 is 5.56. The molecule has 1 saturated heterocycles. The van der Waals surface area contributed by atoms with Crippen molar-refractivity contribution in [2.45, 2.75) is 50.1 Å². The van der Waals surface area contributed by atoms with E-state index in [9.17, 15) is 4.79 Å². The fourth-order valence-electron chi connectivity index (χ4n) is 4.65. The van der Waals surface area contributed by atoms with Crippen LogP contribution in [0.4, 0.5) is 4.79 Å². The van der Waals surface area contributed by atoms with Gasteiger partial charge in [0.2, 0.25) is 5.29 Å². The van der Waals surface area contributed by atoms with Gasteiger partial charge in [-0.15, -0.1) is 0 Å². The Morgan fingerprint density at radius 3 is 2.48 bits per heavy atom. The first-order valence-electron chi connectivity index (χ1n) is 10.1. The summed E-state index contributed by atoms with van der Waals surface area (Å²) in [5.74, 6) is 0. The van der Waals surface area contributed by atoms with Crippen molar-refractivity contribution in [1.82, 2.24) is 15.1 Å². The fourth-order valence-corrected chi connectivity index (χ4v) is 4.70. The summed E-state index contributed by atoms with van der Waals surface area (Å²) in [6.45, 7) is 2.62. The molecule has 1 aromatic rings. The van der Waals surface area contributed by atoms with Crippen LogP contribution in [0.25, 0.3) is 0 Å². The van der Waals surface area contributed by atoms with Crippen molar-refractivity contribution in [3.05, 3.63) is 47.7 Å². The maximum absolute atomic E-state index is 12.8. The minimum atomic E-state index is -0.294. The van der Waals surface area contributed by atoms with Crippen LogP contribution in [-0.4, -0.2) is 53.5 Å². The first-order chi connectivity index (χ1) is 13.8. The Bertz CT molecular complexity index is 810. The van der Waals surface area contributed by atoms with Crippen LogP contribution >= 0.6 is 11.6 Å². The van der Waals surface area contributed by atoms with Crippen molar-refractivity contribution in [2.75, 3.05) is 20.6 Å². The topological polar surface area (TPSA) is 71.8 Å². The number of allylic oxidation sites excluding steroid dienone is 2. The van der Waals surface area contributed by atoms with Crippen molar-refractivity contribution in [2.24, 2.45) is 4.99 Å². The van der Waals surface area contributed by atoms with E-state index < -0.39 is 0 Å². The highest BCUT2D eigenvalue weighted by molar-refractivity contribution is 6.64. The second kappa shape index (κ2) is 8.67. The highest BCUT2D eigenvalue weighted by Crippen LogP contribution is 2.46. The SMILES string of the molecule is CC/C=C(\C=N/C(=N)Cl)N1C[C@]2(CC[C@](c3ccccc3)(N(C)C)CC2)NC1=O. The van der Waals surface area contributed by atoms with E-state index in [1.54, 1.807) is 4.90 Å². The maximum atomic E-state index is 12.8. The lowest BCUT2D eigenvalue weighted by Gasteiger charge is -2.48. The van der Waals surface area contributed by atoms with Gasteiger partial charge in [-0.25, -0.2) is 9.79 Å². The molecule has 0 unspecified atom stereocenters. The molecule has 1 saturated carbocycles. The first-order valence-corrected chi connectivity index (χ1v) is 10.5. The smallest absolute Gasteiger partial charge is 0.322 e. The molecule has 0 radical (unpaired) electrons. The van der Waals surface area contributed by atoms with Crippen molar-refractivity contribution in [3.63, 3.8) is 0 Å². The molecule has 0 bridgehead atoms. The molecule has 1 aliphatic heterocycles. The Kier molecular flexibility index (Phi) is 6.44. The summed E-state index contributed by atoms with van der Waals surface area (Å²) in [5, 5.41) is 10.3. The molecule has 29 heavy (non-hydrogen) atoms. The van der Waals surface area contributed by atoms with E-state index in [2.05, 4.69) is 59.6 Å². The number of nitrogens with one attached hydrogen (secondary N) is 2. The summed E-state index contributed by atoms with van der Waals surface area (Å²) < 4.78 is 0. The zero-order valence-corrected chi connectivity index (χ0v) is 18.2. The Morgan fingerprint density at radius 2 is 1.93 bits per heavy atom. The first kappa shape index (κ1) is 21.5. The monoisotopic (exact) mass is 415 g/mol. The number of hydrogen-bond donors (Lipinski definition) is 2. The predicted molar refractivity (Wildman–Crippen MR) is 119 cm³/mol. The molecule has 1 aromatic carbocycles. The second-order valence-corrected chi connectivity index (χ2v) is 8.53. The number of urea groups is 1. The van der Waals surface area contributed by atoms with Gasteiger partial charge in [0.25, 0.3) is 0 Å². The third-order valence-electron chi connectivity index (χ3n) is 6.31. The lowest BCUT2D eigenvalue weighted by molar-refractivity contribution is 0.0630. The average Bonchev–Trinajstić information content (AvgIpc) is 3.02. The van der Waals surface area contributed by atoms with E-state index >= 15 is 0 Å². The molecule has 2 aliphatic rings. The molecular weight excluding hydrogens is 386 g/mol. The number of carbonyl (C=O) groups is 1. The average molecular weight is 416 g/mol. The van der Waals surface area contributed by atoms with E-state index in [4.69, 9.17) is 17.0 Å². The molecule has 1 spiro atoms. The van der Waals surface area contributed by atoms with Crippen LogP contribution in [0.1, 0.15) is 44.6 Å². The third-order valence-corrected chi connectivity index (χ3v) is 6.41. The molecule has 2 N–H and O–H groups in total. The van der Waals surface area contributed by atoms with Gasteiger partial charge in [-0.3, -0.25) is 15.2 Å². The van der Waals surface area contributed by atoms with E-state index in [1.807, 2.05) is 13.0 Å². The summed E-state index contributed by atoms with van der Waals surface area (Å²) in [6, 6.07) is 10.6. The third kappa shape index (κ3) is 4.38. The van der Waals surface area contributed by atoms with E-state index in [0.717, 1.165) is 32.1 Å². The van der Waals surface area contributed by atoms with Crippen LogP contribution in [0, 0.1) is 5.41 Å². The second-order valence-electron chi connectivity index (χ2n) is 8.17. The Labute approximate surface area is 178 Å². The number of rotatable bonds is 5. The zero-order valence-electron chi connectivity index (χ0n) is 17.4. The zero-order chi connectivity index (χ0) is 21.1. The maximum Gasteiger partial charge on any atom is 0.322 e. The van der Waals surface area contributed by atoms with Gasteiger partial charge in [-0.1, -0.05) is 43.3 Å². The molecule has 7 heteroatoms. The largest absolute Gasteiger partial charge is 0.330 e. The molecular formula is C22H30ClN5O. The molecule has 3 rings (SSSR count). The molecule has 2 fully saturated rings. The molecule has 0 aromatic heterocycles. The number of amides is 2. The fraction of sp³-hybridized carbons (Fsp3) is 0.500. The number of carbonyl (C=O) groups excluding carboxylic acids is 1. The summed E-state index contributed by atoms with van der Waals surface area (Å²) in [5.41, 5.74) is 1.78. The van der Waals surface area contributed by atoms with Crippen LogP contribution < -0.4 is 5.32 Å². The summed E-state index contributed by atoms with van der Waals surface area (Å²) in [4.78, 5) is 20.7. The molecule has 156 valence electrons. The van der Waals surface area contributed by atoms with Crippen LogP contribution in [0.3, 0.4) is 0 Å². The van der Waals surface area contributed by atoms with E-state index in [1.165, 1.54) is 11.8 Å². The quantitative estimate of drug-likeness (QED) is 0.427. The standard InChI is InChI=1S/C22H30ClN5O/c1-4-8-18(15-25-19(23)24)28-16-21(26-20(28)29)11-13-22(14-12-21,27(2)3)17-9-6-5-7-10-17/h5-10,15,24H,4,11-14,16H2,1-3H3,(H,26,29)/b18-8+,24-19?,25-15-/t21-,22+. The highest BCUT2D eigenvalue weighted by Gasteiger charge is 2.50. The van der Waals surface area contributed by atoms with Crippen molar-refractivity contribution < 1.29 is 4.79 Å². The minimum absolute atomic E-state index is 0.0120. The lowest BCUT2D eigenvalue weighted by atomic mass is 9.69. The Morgan fingerprint density at radius 1 is 1.28 bits per heavy atom. The number of halogens is 1. The molecule has 6 nitrogen and oxygen atoms in total. The van der Waals surface area contributed by atoms with Gasteiger partial charge in [0, 0.05) is 5.54 Å². The van der Waals surface area contributed by atoms with Gasteiger partial charge in [-0.2, -0.15) is 0 Å². The van der Waals surface area contributed by atoms with Crippen LogP contribution in [0.2, 0.25) is 0 Å². The van der Waals surface area contributed by atoms with Crippen molar-refractivity contribution >= 4 is 29.1 Å². The molecule has 1 aliphatic carbocycles. The van der Waals surface area contributed by atoms with Gasteiger partial charge in [-0.05, 0) is 63.4 Å². The normalized spacial score (nSPS) is 27.8. The van der Waals surface area contributed by atoms with E-state index in [0.29, 0.717) is 12.2 Å². The minimum Gasteiger partial charge on any atom is -0.330 e. The van der Waals surface area contributed by atoms with E-state index in [-0.39, 0.29) is 22.4 Å². The number of amidine groups is 1. The Hall–Kier alpha value is -2.18. The number of aliphatic imine (C=N–C) groups is 1. The molecule has 1 heterocycles. The number of benzene rings is 1. The summed E-state index contributed by atoms with van der Waals surface area (Å²) in [7, 11) is 4.29. The predicted octanol–water partition coefficient (Wildman–Crippen LogP) is 4.32. The van der Waals surface area contributed by atoms with Crippen LogP contribution in [0.15, 0.2) is 47.1 Å². The van der Waals surface area contributed by atoms with Crippen molar-refractivity contribution in [1.29, 1.82) is 5.41 Å². The number of hydrogen-bond acceptors (Lipinski definition) is 3. The van der Waals surface area contributed by atoms with Gasteiger partial charge < -0.3 is 5.32 Å². The van der Waals surface area contributed by atoms with Gasteiger partial charge in [0.1, 0.15) is 0 Å². The Balaban J connectivity index is 1.79. The van der Waals surface area contributed by atoms with Crippen LogP contribution in [-0.2, 0) is 5.54 Å². The molecule has 0 atom stereocenters. The number of nitrogens with zero attached hydrogens (tertiary/aromatic N) is 3. The molecule has 2 amide bonds. The summed E-state index contributed by atoms with van der Waals surface area (Å²) in [6.07, 6.45) is 7.99. The van der Waals surface area contributed by atoms with Gasteiger partial charge in [0.05, 0.1) is 24.0 Å².